The zero-order chi connectivity index (χ0) is 20.4. The summed E-state index contributed by atoms with van der Waals surface area (Å²) in [6.07, 6.45) is 3.20. The van der Waals surface area contributed by atoms with Crippen LogP contribution in [0, 0.1) is 10.1 Å². The molecule has 0 fully saturated rings. The van der Waals surface area contributed by atoms with E-state index in [-0.39, 0.29) is 17.0 Å². The minimum absolute atomic E-state index is 0.0881. The number of nitrogens with one attached hydrogen (secondary N) is 1. The Morgan fingerprint density at radius 1 is 1.14 bits per heavy atom. The second kappa shape index (κ2) is 7.39. The monoisotopic (exact) mass is 389 g/mol. The summed E-state index contributed by atoms with van der Waals surface area (Å²) < 4.78 is 6.79. The van der Waals surface area contributed by atoms with E-state index >= 15 is 0 Å². The van der Waals surface area contributed by atoms with Crippen LogP contribution in [0.25, 0.3) is 16.9 Å². The molecule has 4 rings (SSSR count). The molecule has 0 aliphatic rings. The second-order valence-corrected chi connectivity index (χ2v) is 6.11. The number of amides is 1. The number of hydrogen-bond donors (Lipinski definition) is 1. The molecular weight excluding hydrogens is 374 g/mol. The van der Waals surface area contributed by atoms with Crippen molar-refractivity contribution in [2.75, 3.05) is 12.4 Å². The average molecular weight is 389 g/mol. The molecule has 0 spiro atoms. The lowest BCUT2D eigenvalue weighted by molar-refractivity contribution is -0.385. The first kappa shape index (κ1) is 18.1. The summed E-state index contributed by atoms with van der Waals surface area (Å²) in [5, 5.41) is 13.8. The van der Waals surface area contributed by atoms with Crippen LogP contribution in [0.4, 0.5) is 11.4 Å². The SMILES string of the molecule is COc1ccc(C(=O)Nc2ccc(-n3cnc4ccccc43)nc2)cc1[N+](=O)[O-]. The number of anilines is 1. The van der Waals surface area contributed by atoms with Gasteiger partial charge in [0.15, 0.2) is 5.75 Å². The summed E-state index contributed by atoms with van der Waals surface area (Å²) in [7, 11) is 1.33. The van der Waals surface area contributed by atoms with Gasteiger partial charge < -0.3 is 10.1 Å². The molecule has 1 N–H and O–H groups in total. The van der Waals surface area contributed by atoms with E-state index in [1.165, 1.54) is 31.5 Å². The van der Waals surface area contributed by atoms with E-state index in [0.717, 1.165) is 11.0 Å². The van der Waals surface area contributed by atoms with Crippen LogP contribution >= 0.6 is 0 Å². The molecule has 144 valence electrons. The summed E-state index contributed by atoms with van der Waals surface area (Å²) in [5.74, 6) is 0.250. The van der Waals surface area contributed by atoms with Gasteiger partial charge in [0.1, 0.15) is 12.1 Å². The highest BCUT2D eigenvalue weighted by molar-refractivity contribution is 6.04. The largest absolute Gasteiger partial charge is 0.490 e. The number of fused-ring (bicyclic) bond motifs is 1. The minimum Gasteiger partial charge on any atom is -0.490 e. The molecule has 4 aromatic rings. The molecule has 2 heterocycles. The van der Waals surface area contributed by atoms with Gasteiger partial charge in [-0.1, -0.05) is 12.1 Å². The maximum absolute atomic E-state index is 12.5. The first-order chi connectivity index (χ1) is 14.1. The van der Waals surface area contributed by atoms with Gasteiger partial charge in [0.05, 0.1) is 35.0 Å². The maximum atomic E-state index is 12.5. The normalized spacial score (nSPS) is 10.7. The number of carbonyl (C=O) groups excluding carboxylic acids is 1. The van der Waals surface area contributed by atoms with Crippen LogP contribution in [0.5, 0.6) is 5.75 Å². The Morgan fingerprint density at radius 3 is 2.69 bits per heavy atom. The number of nitrogens with zero attached hydrogens (tertiary/aromatic N) is 4. The summed E-state index contributed by atoms with van der Waals surface area (Å²) in [4.78, 5) is 31.7. The van der Waals surface area contributed by atoms with E-state index in [2.05, 4.69) is 15.3 Å². The van der Waals surface area contributed by atoms with Crippen molar-refractivity contribution in [2.24, 2.45) is 0 Å². The molecule has 9 heteroatoms. The number of imidazole rings is 1. The molecule has 9 nitrogen and oxygen atoms in total. The lowest BCUT2D eigenvalue weighted by atomic mass is 10.1. The third kappa shape index (κ3) is 3.48. The number of para-hydroxylation sites is 2. The Kier molecular flexibility index (Phi) is 4.62. The van der Waals surface area contributed by atoms with Crippen molar-refractivity contribution < 1.29 is 14.5 Å². The lowest BCUT2D eigenvalue weighted by Gasteiger charge is -2.08. The van der Waals surface area contributed by atoms with Crippen LogP contribution in [0.1, 0.15) is 10.4 Å². The van der Waals surface area contributed by atoms with Gasteiger partial charge in [-0.3, -0.25) is 19.5 Å². The first-order valence-corrected chi connectivity index (χ1v) is 8.59. The molecule has 0 unspecified atom stereocenters. The number of rotatable bonds is 5. The highest BCUT2D eigenvalue weighted by atomic mass is 16.6. The highest BCUT2D eigenvalue weighted by Gasteiger charge is 2.18. The lowest BCUT2D eigenvalue weighted by Crippen LogP contribution is -2.12. The number of aromatic nitrogens is 3. The van der Waals surface area contributed by atoms with Crippen molar-refractivity contribution in [1.29, 1.82) is 0 Å². The van der Waals surface area contributed by atoms with Crippen molar-refractivity contribution >= 4 is 28.3 Å². The zero-order valence-corrected chi connectivity index (χ0v) is 15.3. The van der Waals surface area contributed by atoms with Crippen molar-refractivity contribution in [3.63, 3.8) is 0 Å². The number of carbonyl (C=O) groups is 1. The fraction of sp³-hybridized carbons (Fsp3) is 0.0500. The van der Waals surface area contributed by atoms with Gasteiger partial charge in [0.25, 0.3) is 5.91 Å². The Balaban J connectivity index is 1.55. The van der Waals surface area contributed by atoms with Crippen LogP contribution in [0.15, 0.2) is 67.1 Å². The number of nitro groups is 1. The van der Waals surface area contributed by atoms with E-state index < -0.39 is 10.8 Å². The zero-order valence-electron chi connectivity index (χ0n) is 15.3. The molecule has 1 amide bonds. The highest BCUT2D eigenvalue weighted by Crippen LogP contribution is 2.28. The van der Waals surface area contributed by atoms with Gasteiger partial charge in [-0.2, -0.15) is 0 Å². The summed E-state index contributed by atoms with van der Waals surface area (Å²) >= 11 is 0. The van der Waals surface area contributed by atoms with Gasteiger partial charge in [-0.05, 0) is 36.4 Å². The number of ether oxygens (including phenoxy) is 1. The van der Waals surface area contributed by atoms with Crippen molar-refractivity contribution in [1.82, 2.24) is 14.5 Å². The van der Waals surface area contributed by atoms with E-state index in [0.29, 0.717) is 11.5 Å². The van der Waals surface area contributed by atoms with Crippen molar-refractivity contribution in [3.05, 3.63) is 82.8 Å². The van der Waals surface area contributed by atoms with Crippen LogP contribution in [-0.4, -0.2) is 32.5 Å². The molecule has 0 aliphatic carbocycles. The van der Waals surface area contributed by atoms with Gasteiger partial charge in [-0.15, -0.1) is 0 Å². The second-order valence-electron chi connectivity index (χ2n) is 6.11. The molecular formula is C20H15N5O4. The topological polar surface area (TPSA) is 112 Å². The van der Waals surface area contributed by atoms with Crippen molar-refractivity contribution in [2.45, 2.75) is 0 Å². The summed E-state index contributed by atoms with van der Waals surface area (Å²) in [6, 6.07) is 15.2. The average Bonchev–Trinajstić information content (AvgIpc) is 3.18. The standard InChI is InChI=1S/C20H15N5O4/c1-29-18-8-6-13(10-17(18)25(27)28)20(26)23-14-7-9-19(21-11-14)24-12-22-15-4-2-3-5-16(15)24/h2-12H,1H3,(H,23,26). The molecule has 0 saturated carbocycles. The fourth-order valence-electron chi connectivity index (χ4n) is 2.92. The molecule has 0 saturated heterocycles. The van der Waals surface area contributed by atoms with Gasteiger partial charge >= 0.3 is 5.69 Å². The number of pyridine rings is 1. The predicted octanol–water partition coefficient (Wildman–Crippen LogP) is 3.59. The van der Waals surface area contributed by atoms with Crippen molar-refractivity contribution in [3.8, 4) is 11.6 Å². The number of benzene rings is 2. The number of methoxy groups -OCH3 is 1. The smallest absolute Gasteiger partial charge is 0.311 e. The van der Waals surface area contributed by atoms with Crippen LogP contribution in [0.2, 0.25) is 0 Å². The Morgan fingerprint density at radius 2 is 1.97 bits per heavy atom. The molecule has 0 aliphatic heterocycles. The van der Waals surface area contributed by atoms with E-state index in [1.807, 2.05) is 28.8 Å². The Hall–Kier alpha value is -4.27. The predicted molar refractivity (Wildman–Crippen MR) is 106 cm³/mol. The van der Waals surface area contributed by atoms with Crippen LogP contribution < -0.4 is 10.1 Å². The maximum Gasteiger partial charge on any atom is 0.311 e. The van der Waals surface area contributed by atoms with E-state index in [9.17, 15) is 14.9 Å². The van der Waals surface area contributed by atoms with Gasteiger partial charge in [0.2, 0.25) is 0 Å². The molecule has 0 radical (unpaired) electrons. The first-order valence-electron chi connectivity index (χ1n) is 8.59. The Bertz CT molecular complexity index is 1220. The van der Waals surface area contributed by atoms with Gasteiger partial charge in [-0.25, -0.2) is 9.97 Å². The summed E-state index contributed by atoms with van der Waals surface area (Å²) in [5.41, 5.74) is 2.10. The van der Waals surface area contributed by atoms with E-state index in [1.54, 1.807) is 18.5 Å². The molecule has 0 atom stereocenters. The summed E-state index contributed by atoms with van der Waals surface area (Å²) in [6.45, 7) is 0. The van der Waals surface area contributed by atoms with Gasteiger partial charge in [0, 0.05) is 11.6 Å². The van der Waals surface area contributed by atoms with Crippen LogP contribution in [0.3, 0.4) is 0 Å². The molecule has 29 heavy (non-hydrogen) atoms. The minimum atomic E-state index is -0.596. The third-order valence-electron chi connectivity index (χ3n) is 4.34. The molecule has 2 aromatic carbocycles. The number of nitro benzene ring substituents is 1. The van der Waals surface area contributed by atoms with E-state index in [4.69, 9.17) is 4.74 Å². The quantitative estimate of drug-likeness (QED) is 0.412. The third-order valence-corrected chi connectivity index (χ3v) is 4.34. The fourth-order valence-corrected chi connectivity index (χ4v) is 2.92. The molecule has 0 bridgehead atoms. The molecule has 2 aromatic heterocycles. The Labute approximate surface area is 164 Å². The number of hydrogen-bond acceptors (Lipinski definition) is 6. The van der Waals surface area contributed by atoms with Crippen LogP contribution in [-0.2, 0) is 0 Å².